The van der Waals surface area contributed by atoms with Gasteiger partial charge in [0.15, 0.2) is 0 Å². The molecular formula is C9H9NO2S. The van der Waals surface area contributed by atoms with Gasteiger partial charge < -0.3 is 9.84 Å². The average Bonchev–Trinajstić information content (AvgIpc) is 2.57. The number of fused-ring (bicyclic) bond motifs is 1. The van der Waals surface area contributed by atoms with Crippen LogP contribution in [0.4, 0.5) is 0 Å². The number of thiazole rings is 1. The molecule has 0 aliphatic carbocycles. The summed E-state index contributed by atoms with van der Waals surface area (Å²) in [6.07, 6.45) is 0. The lowest BCUT2D eigenvalue weighted by Crippen LogP contribution is -2.00. The molecule has 0 amide bonds. The fraction of sp³-hybridized carbons (Fsp3) is 0.222. The number of hydrogen-bond acceptors (Lipinski definition) is 4. The Morgan fingerprint density at radius 1 is 1.38 bits per heavy atom. The van der Waals surface area contributed by atoms with Crippen molar-refractivity contribution in [3.05, 3.63) is 24.3 Å². The van der Waals surface area contributed by atoms with E-state index in [0.717, 1.165) is 10.2 Å². The van der Waals surface area contributed by atoms with Crippen molar-refractivity contribution in [2.24, 2.45) is 0 Å². The molecule has 0 saturated heterocycles. The molecule has 1 aromatic heterocycles. The molecule has 68 valence electrons. The van der Waals surface area contributed by atoms with Crippen LogP contribution in [0.1, 0.15) is 0 Å². The highest BCUT2D eigenvalue weighted by atomic mass is 32.1. The number of aromatic nitrogens is 1. The predicted octanol–water partition coefficient (Wildman–Crippen LogP) is 1.67. The van der Waals surface area contributed by atoms with Crippen molar-refractivity contribution in [1.82, 2.24) is 4.98 Å². The van der Waals surface area contributed by atoms with Crippen molar-refractivity contribution in [2.45, 2.75) is 0 Å². The van der Waals surface area contributed by atoms with Crippen LogP contribution in [0.15, 0.2) is 24.3 Å². The lowest BCUT2D eigenvalue weighted by Gasteiger charge is -1.95. The molecule has 1 N–H and O–H groups in total. The fourth-order valence-electron chi connectivity index (χ4n) is 1.05. The van der Waals surface area contributed by atoms with Crippen molar-refractivity contribution < 1.29 is 9.84 Å². The summed E-state index contributed by atoms with van der Waals surface area (Å²) in [6.45, 7) is 0.329. The van der Waals surface area contributed by atoms with Gasteiger partial charge in [-0.05, 0) is 12.1 Å². The van der Waals surface area contributed by atoms with Gasteiger partial charge in [0.25, 0.3) is 5.19 Å². The molecule has 3 nitrogen and oxygen atoms in total. The van der Waals surface area contributed by atoms with E-state index >= 15 is 0 Å². The summed E-state index contributed by atoms with van der Waals surface area (Å²) >= 11 is 1.49. The molecule has 0 fully saturated rings. The molecule has 1 heterocycles. The van der Waals surface area contributed by atoms with E-state index in [-0.39, 0.29) is 6.61 Å². The van der Waals surface area contributed by atoms with E-state index in [2.05, 4.69) is 4.98 Å². The third-order valence-corrected chi connectivity index (χ3v) is 2.54. The Kier molecular flexibility index (Phi) is 2.42. The molecule has 0 aliphatic rings. The van der Waals surface area contributed by atoms with Gasteiger partial charge in [-0.1, -0.05) is 23.5 Å². The molecule has 0 atom stereocenters. The SMILES string of the molecule is OCCOc1nc2ccccc2s1. The molecule has 0 spiro atoms. The fourth-order valence-corrected chi connectivity index (χ4v) is 1.89. The Morgan fingerprint density at radius 3 is 3.00 bits per heavy atom. The van der Waals surface area contributed by atoms with E-state index in [1.54, 1.807) is 0 Å². The molecule has 0 unspecified atom stereocenters. The van der Waals surface area contributed by atoms with Crippen LogP contribution in [0.5, 0.6) is 5.19 Å². The first-order chi connectivity index (χ1) is 6.40. The number of rotatable bonds is 3. The summed E-state index contributed by atoms with van der Waals surface area (Å²) in [4.78, 5) is 4.24. The van der Waals surface area contributed by atoms with Gasteiger partial charge >= 0.3 is 0 Å². The normalized spacial score (nSPS) is 10.5. The van der Waals surface area contributed by atoms with Gasteiger partial charge in [-0.2, -0.15) is 0 Å². The standard InChI is InChI=1S/C9H9NO2S/c11-5-6-12-9-10-7-3-1-2-4-8(7)13-9/h1-4,11H,5-6H2. The molecule has 13 heavy (non-hydrogen) atoms. The number of ether oxygens (including phenoxy) is 1. The Balaban J connectivity index is 2.28. The van der Waals surface area contributed by atoms with Crippen LogP contribution in [-0.2, 0) is 0 Å². The largest absolute Gasteiger partial charge is 0.468 e. The highest BCUT2D eigenvalue weighted by Crippen LogP contribution is 2.26. The second-order valence-corrected chi connectivity index (χ2v) is 3.51. The highest BCUT2D eigenvalue weighted by Gasteiger charge is 2.02. The van der Waals surface area contributed by atoms with Gasteiger partial charge in [0.2, 0.25) is 0 Å². The Hall–Kier alpha value is -1.13. The highest BCUT2D eigenvalue weighted by molar-refractivity contribution is 7.20. The number of benzene rings is 1. The summed E-state index contributed by atoms with van der Waals surface area (Å²) in [5.41, 5.74) is 0.945. The third kappa shape index (κ3) is 1.79. The van der Waals surface area contributed by atoms with E-state index in [1.165, 1.54) is 11.3 Å². The Bertz CT molecular complexity index is 366. The number of aliphatic hydroxyl groups excluding tert-OH is 1. The van der Waals surface area contributed by atoms with E-state index in [1.807, 2.05) is 24.3 Å². The molecule has 1 aromatic carbocycles. The zero-order valence-corrected chi connectivity index (χ0v) is 7.75. The molecule has 0 radical (unpaired) electrons. The second-order valence-electron chi connectivity index (χ2n) is 2.52. The van der Waals surface area contributed by atoms with Crippen molar-refractivity contribution in [3.63, 3.8) is 0 Å². The number of nitrogens with zero attached hydrogens (tertiary/aromatic N) is 1. The van der Waals surface area contributed by atoms with E-state index < -0.39 is 0 Å². The van der Waals surface area contributed by atoms with Crippen LogP contribution < -0.4 is 4.74 Å². The lowest BCUT2D eigenvalue weighted by atomic mass is 10.3. The molecule has 4 heteroatoms. The van der Waals surface area contributed by atoms with Gasteiger partial charge in [-0.25, -0.2) is 4.98 Å². The Labute approximate surface area is 79.6 Å². The van der Waals surface area contributed by atoms with Gasteiger partial charge in [-0.15, -0.1) is 0 Å². The number of para-hydroxylation sites is 1. The quantitative estimate of drug-likeness (QED) is 0.810. The molecule has 0 saturated carbocycles. The van der Waals surface area contributed by atoms with Crippen molar-refractivity contribution in [1.29, 1.82) is 0 Å². The van der Waals surface area contributed by atoms with Gasteiger partial charge in [-0.3, -0.25) is 0 Å². The van der Waals surface area contributed by atoms with Crippen molar-refractivity contribution in [2.75, 3.05) is 13.2 Å². The van der Waals surface area contributed by atoms with Crippen LogP contribution in [0.25, 0.3) is 10.2 Å². The van der Waals surface area contributed by atoms with E-state index in [9.17, 15) is 0 Å². The average molecular weight is 195 g/mol. The molecule has 2 aromatic rings. The third-order valence-electron chi connectivity index (χ3n) is 1.59. The smallest absolute Gasteiger partial charge is 0.274 e. The maximum Gasteiger partial charge on any atom is 0.274 e. The minimum Gasteiger partial charge on any atom is -0.468 e. The zero-order valence-electron chi connectivity index (χ0n) is 6.93. The summed E-state index contributed by atoms with van der Waals surface area (Å²) in [6, 6.07) is 7.85. The first-order valence-corrected chi connectivity index (χ1v) is 4.81. The van der Waals surface area contributed by atoms with Crippen molar-refractivity contribution >= 4 is 21.6 Å². The van der Waals surface area contributed by atoms with Crippen LogP contribution >= 0.6 is 11.3 Å². The minimum atomic E-state index is 0.0237. The zero-order chi connectivity index (χ0) is 9.10. The molecular weight excluding hydrogens is 186 g/mol. The van der Waals surface area contributed by atoms with Crippen LogP contribution in [0.3, 0.4) is 0 Å². The topological polar surface area (TPSA) is 42.4 Å². The second kappa shape index (κ2) is 3.72. The Morgan fingerprint density at radius 2 is 2.23 bits per heavy atom. The summed E-state index contributed by atoms with van der Waals surface area (Å²) in [5, 5.41) is 9.17. The number of hydrogen-bond donors (Lipinski definition) is 1. The maximum atomic E-state index is 8.55. The number of aliphatic hydroxyl groups is 1. The van der Waals surface area contributed by atoms with E-state index in [0.29, 0.717) is 11.8 Å². The molecule has 0 bridgehead atoms. The van der Waals surface area contributed by atoms with Gasteiger partial charge in [0.05, 0.1) is 16.8 Å². The maximum absolute atomic E-state index is 8.55. The molecule has 0 aliphatic heterocycles. The minimum absolute atomic E-state index is 0.0237. The first-order valence-electron chi connectivity index (χ1n) is 3.99. The van der Waals surface area contributed by atoms with Gasteiger partial charge in [0.1, 0.15) is 6.61 Å². The summed E-state index contributed by atoms with van der Waals surface area (Å²) in [7, 11) is 0. The van der Waals surface area contributed by atoms with Crippen molar-refractivity contribution in [3.8, 4) is 5.19 Å². The lowest BCUT2D eigenvalue weighted by molar-refractivity contribution is 0.201. The van der Waals surface area contributed by atoms with Gasteiger partial charge in [0, 0.05) is 0 Å². The summed E-state index contributed by atoms with van der Waals surface area (Å²) < 4.78 is 6.30. The van der Waals surface area contributed by atoms with Crippen LogP contribution in [0.2, 0.25) is 0 Å². The summed E-state index contributed by atoms with van der Waals surface area (Å²) in [5.74, 6) is 0. The van der Waals surface area contributed by atoms with Crippen LogP contribution in [-0.4, -0.2) is 23.3 Å². The predicted molar refractivity (Wildman–Crippen MR) is 52.2 cm³/mol. The monoisotopic (exact) mass is 195 g/mol. The van der Waals surface area contributed by atoms with E-state index in [4.69, 9.17) is 9.84 Å². The first kappa shape index (κ1) is 8.47. The molecule has 2 rings (SSSR count). The van der Waals surface area contributed by atoms with Crippen LogP contribution in [0, 0.1) is 0 Å².